The molecule has 1 aromatic heterocycles. The molecule has 2 N–H and O–H groups in total. The van der Waals surface area contributed by atoms with E-state index in [4.69, 9.17) is 4.99 Å². The maximum atomic E-state index is 5.35. The predicted molar refractivity (Wildman–Crippen MR) is 239 cm³/mol. The minimum absolute atomic E-state index is 0.145. The Morgan fingerprint density at radius 2 is 1.21 bits per heavy atom. The van der Waals surface area contributed by atoms with Crippen LogP contribution in [0.1, 0.15) is 29.0 Å². The fraction of sp³-hybridized carbons (Fsp3) is 0.0577. The number of nitrogens with one attached hydrogen (secondary N) is 2. The molecule has 0 aliphatic carbocycles. The maximum Gasteiger partial charge on any atom is 0.206 e. The highest BCUT2D eigenvalue weighted by atomic mass is 15.4. The number of aliphatic imine (C=N–C) groups is 1. The third kappa shape index (κ3) is 6.44. The molecule has 0 saturated carbocycles. The van der Waals surface area contributed by atoms with E-state index in [1.807, 2.05) is 6.07 Å². The van der Waals surface area contributed by atoms with Crippen LogP contribution in [0.5, 0.6) is 0 Å². The Morgan fingerprint density at radius 3 is 1.98 bits per heavy atom. The standard InChI is InChI=1S/C52H41N5/c1-36-19-7-6-18-32-56(41-26-14-5-15-27-41)49-35-45(37-20-8-2-9-21-37)44(34-43(36)49)40-30-31-48-46(33-40)42-28-16-17-29-47(42)57(48)52-54-50(38-22-10-3-11-23-38)53-51(55-52)39-24-12-4-13-25-39/h2-31,33-35,50-51,53H,1,32H2,(H,54,55)/b18-6-,19-7-. The Balaban J connectivity index is 1.17. The van der Waals surface area contributed by atoms with Gasteiger partial charge in [0.2, 0.25) is 5.96 Å². The van der Waals surface area contributed by atoms with Crippen molar-refractivity contribution in [3.63, 3.8) is 0 Å². The topological polar surface area (TPSA) is 44.6 Å². The van der Waals surface area contributed by atoms with Gasteiger partial charge in [0.05, 0.1) is 11.0 Å². The highest BCUT2D eigenvalue weighted by Gasteiger charge is 2.28. The summed E-state index contributed by atoms with van der Waals surface area (Å²) in [5.41, 5.74) is 13.4. The van der Waals surface area contributed by atoms with E-state index >= 15 is 0 Å². The van der Waals surface area contributed by atoms with E-state index in [-0.39, 0.29) is 12.3 Å². The number of benzene rings is 7. The number of nitrogens with zero attached hydrogens (tertiary/aromatic N) is 3. The van der Waals surface area contributed by atoms with Crippen LogP contribution in [0.25, 0.3) is 49.6 Å². The van der Waals surface area contributed by atoms with E-state index in [1.165, 1.54) is 10.9 Å². The van der Waals surface area contributed by atoms with E-state index in [0.717, 1.165) is 79.3 Å². The number of hydrogen-bond acceptors (Lipinski definition) is 4. The highest BCUT2D eigenvalue weighted by Crippen LogP contribution is 2.44. The maximum absolute atomic E-state index is 5.35. The van der Waals surface area contributed by atoms with Crippen LogP contribution in [-0.2, 0) is 0 Å². The first-order chi connectivity index (χ1) is 28.2. The Labute approximate surface area is 333 Å². The van der Waals surface area contributed by atoms with Crippen molar-refractivity contribution in [1.82, 2.24) is 15.2 Å². The van der Waals surface area contributed by atoms with Crippen molar-refractivity contribution >= 4 is 44.7 Å². The van der Waals surface area contributed by atoms with Gasteiger partial charge in [0.1, 0.15) is 12.3 Å². The van der Waals surface area contributed by atoms with Crippen LogP contribution >= 0.6 is 0 Å². The van der Waals surface area contributed by atoms with Gasteiger partial charge in [-0.3, -0.25) is 9.88 Å². The van der Waals surface area contributed by atoms with Crippen molar-refractivity contribution in [1.29, 1.82) is 0 Å². The van der Waals surface area contributed by atoms with Crippen LogP contribution in [0.3, 0.4) is 0 Å². The molecule has 57 heavy (non-hydrogen) atoms. The van der Waals surface area contributed by atoms with Gasteiger partial charge in [-0.2, -0.15) is 0 Å². The average molecular weight is 736 g/mol. The van der Waals surface area contributed by atoms with E-state index in [1.54, 1.807) is 0 Å². The summed E-state index contributed by atoms with van der Waals surface area (Å²) in [6, 6.07) is 62.6. The van der Waals surface area contributed by atoms with E-state index in [9.17, 15) is 0 Å². The van der Waals surface area contributed by atoms with Crippen LogP contribution in [0.4, 0.5) is 11.4 Å². The molecular weight excluding hydrogens is 695 g/mol. The monoisotopic (exact) mass is 735 g/mol. The summed E-state index contributed by atoms with van der Waals surface area (Å²) in [5, 5.41) is 9.86. The van der Waals surface area contributed by atoms with E-state index in [2.05, 4.69) is 221 Å². The summed E-state index contributed by atoms with van der Waals surface area (Å²) in [5.74, 6) is 0.801. The molecule has 2 atom stereocenters. The van der Waals surface area contributed by atoms with Gasteiger partial charge >= 0.3 is 0 Å². The second-order valence-corrected chi connectivity index (χ2v) is 14.5. The molecule has 3 heterocycles. The van der Waals surface area contributed by atoms with E-state index < -0.39 is 0 Å². The molecule has 2 aliphatic rings. The van der Waals surface area contributed by atoms with Gasteiger partial charge in [-0.05, 0) is 81.4 Å². The zero-order valence-electron chi connectivity index (χ0n) is 31.5. The Bertz CT molecular complexity index is 2840. The zero-order valence-corrected chi connectivity index (χ0v) is 31.5. The van der Waals surface area contributed by atoms with Gasteiger partial charge in [-0.15, -0.1) is 0 Å². The SMILES string of the molecule is C=C1/C=C\C=C/CN(c2ccccc2)c2cc(-c3ccccc3)c(-c3ccc4c(c3)c3ccccc3n4C3=NC(c4ccccc4)NC(c4ccccc4)N3)cc21. The number of hydrogen-bond donors (Lipinski definition) is 2. The van der Waals surface area contributed by atoms with Gasteiger partial charge in [-0.25, -0.2) is 4.99 Å². The molecule has 10 rings (SSSR count). The number of allylic oxidation sites excluding steroid dienone is 4. The fourth-order valence-electron chi connectivity index (χ4n) is 8.27. The van der Waals surface area contributed by atoms with Crippen LogP contribution in [-0.4, -0.2) is 17.1 Å². The third-order valence-electron chi connectivity index (χ3n) is 11.1. The van der Waals surface area contributed by atoms with Gasteiger partial charge in [0.25, 0.3) is 0 Å². The molecule has 274 valence electrons. The van der Waals surface area contributed by atoms with Gasteiger partial charge < -0.3 is 10.2 Å². The molecule has 0 amide bonds. The van der Waals surface area contributed by atoms with E-state index in [0.29, 0.717) is 0 Å². The summed E-state index contributed by atoms with van der Waals surface area (Å²) in [4.78, 5) is 7.73. The lowest BCUT2D eigenvalue weighted by molar-refractivity contribution is 0.403. The fourth-order valence-corrected chi connectivity index (χ4v) is 8.27. The Morgan fingerprint density at radius 1 is 0.561 bits per heavy atom. The van der Waals surface area contributed by atoms with Crippen molar-refractivity contribution in [2.45, 2.75) is 12.3 Å². The zero-order chi connectivity index (χ0) is 38.1. The third-order valence-corrected chi connectivity index (χ3v) is 11.1. The first-order valence-electron chi connectivity index (χ1n) is 19.5. The van der Waals surface area contributed by atoms with Gasteiger partial charge in [0.15, 0.2) is 0 Å². The molecule has 5 nitrogen and oxygen atoms in total. The summed E-state index contributed by atoms with van der Waals surface area (Å²) >= 11 is 0. The summed E-state index contributed by atoms with van der Waals surface area (Å²) in [7, 11) is 0. The highest BCUT2D eigenvalue weighted by molar-refractivity contribution is 6.15. The molecule has 5 heteroatoms. The number of fused-ring (bicyclic) bond motifs is 4. The second-order valence-electron chi connectivity index (χ2n) is 14.5. The molecule has 0 saturated heterocycles. The normalized spacial score (nSPS) is 17.9. The van der Waals surface area contributed by atoms with Crippen molar-refractivity contribution < 1.29 is 0 Å². The largest absolute Gasteiger partial charge is 0.337 e. The molecule has 7 aromatic carbocycles. The van der Waals surface area contributed by atoms with Crippen LogP contribution in [0.15, 0.2) is 212 Å². The molecule has 0 radical (unpaired) electrons. The molecule has 0 spiro atoms. The summed E-state index contributed by atoms with van der Waals surface area (Å²) in [6.07, 6.45) is 8.14. The molecule has 0 bridgehead atoms. The molecule has 2 unspecified atom stereocenters. The van der Waals surface area contributed by atoms with Crippen molar-refractivity contribution in [3.05, 3.63) is 223 Å². The minimum atomic E-state index is -0.239. The Kier molecular flexibility index (Phi) is 8.90. The van der Waals surface area contributed by atoms with Crippen LogP contribution in [0.2, 0.25) is 0 Å². The van der Waals surface area contributed by atoms with Crippen molar-refractivity contribution in [2.24, 2.45) is 4.99 Å². The van der Waals surface area contributed by atoms with Gasteiger partial charge in [-0.1, -0.05) is 164 Å². The van der Waals surface area contributed by atoms with Crippen molar-refractivity contribution in [2.75, 3.05) is 11.4 Å². The average Bonchev–Trinajstić information content (AvgIpc) is 3.65. The number of rotatable bonds is 5. The number of anilines is 2. The molecule has 2 aliphatic heterocycles. The lowest BCUT2D eigenvalue weighted by Gasteiger charge is -2.32. The first kappa shape index (κ1) is 34.3. The first-order valence-corrected chi connectivity index (χ1v) is 19.5. The van der Waals surface area contributed by atoms with Crippen LogP contribution in [0, 0.1) is 0 Å². The summed E-state index contributed by atoms with van der Waals surface area (Å²) < 4.78 is 2.29. The molecular formula is C52H41N5. The number of aromatic nitrogens is 1. The van der Waals surface area contributed by atoms with Crippen molar-refractivity contribution in [3.8, 4) is 22.3 Å². The smallest absolute Gasteiger partial charge is 0.206 e. The van der Waals surface area contributed by atoms with Crippen LogP contribution < -0.4 is 15.5 Å². The molecule has 0 fully saturated rings. The summed E-state index contributed by atoms with van der Waals surface area (Å²) in [6.45, 7) is 5.32. The quantitative estimate of drug-likeness (QED) is 0.185. The lowest BCUT2D eigenvalue weighted by Crippen LogP contribution is -2.47. The van der Waals surface area contributed by atoms with Gasteiger partial charge in [0, 0.05) is 34.3 Å². The predicted octanol–water partition coefficient (Wildman–Crippen LogP) is 12.2. The second kappa shape index (κ2) is 14.8. The minimum Gasteiger partial charge on any atom is -0.337 e. The number of para-hydroxylation sites is 2. The lowest BCUT2D eigenvalue weighted by atomic mass is 9.89. The molecule has 8 aromatic rings. The Hall–Kier alpha value is -7.21.